The maximum absolute atomic E-state index is 12.4. The van der Waals surface area contributed by atoms with E-state index < -0.39 is 0 Å². The zero-order valence-corrected chi connectivity index (χ0v) is 19.2. The van der Waals surface area contributed by atoms with E-state index in [1.54, 1.807) is 7.11 Å². The number of amides is 2. The van der Waals surface area contributed by atoms with Crippen LogP contribution in [0.1, 0.15) is 25.1 Å². The van der Waals surface area contributed by atoms with Crippen LogP contribution < -0.4 is 25.6 Å². The lowest BCUT2D eigenvalue weighted by Crippen LogP contribution is -2.23. The second kappa shape index (κ2) is 10.5. The number of nitrogens with zero attached hydrogens (tertiary/aromatic N) is 3. The summed E-state index contributed by atoms with van der Waals surface area (Å²) in [6, 6.07) is 14.5. The molecule has 3 rings (SSSR count). The molecule has 0 atom stereocenters. The molecule has 0 unspecified atom stereocenters. The van der Waals surface area contributed by atoms with Gasteiger partial charge in [-0.05, 0) is 75.7 Å². The van der Waals surface area contributed by atoms with Crippen LogP contribution in [0.5, 0.6) is 5.75 Å². The Kier molecular flexibility index (Phi) is 7.49. The van der Waals surface area contributed by atoms with Crippen molar-refractivity contribution in [2.24, 2.45) is 0 Å². The van der Waals surface area contributed by atoms with Gasteiger partial charge in [-0.25, -0.2) is 9.78 Å². The lowest BCUT2D eigenvalue weighted by molar-refractivity contribution is 0.262. The molecule has 3 N–H and O–H groups in total. The van der Waals surface area contributed by atoms with Crippen molar-refractivity contribution in [1.29, 1.82) is 0 Å². The van der Waals surface area contributed by atoms with E-state index >= 15 is 0 Å². The molecule has 0 aliphatic heterocycles. The number of hydrogen-bond donors (Lipinski definition) is 3. The number of carbonyl (C=O) groups is 1. The SMILES string of the molecule is CCN(CC)c1cc(C)nc(Nc2ccc(NC(=O)Nc3ccc(OC)cc3C)cc2)n1. The molecule has 0 aliphatic rings. The van der Waals surface area contributed by atoms with Crippen LogP contribution in [0.15, 0.2) is 48.5 Å². The van der Waals surface area contributed by atoms with E-state index in [2.05, 4.69) is 44.7 Å². The fourth-order valence-electron chi connectivity index (χ4n) is 3.27. The van der Waals surface area contributed by atoms with Gasteiger partial charge in [0.2, 0.25) is 5.95 Å². The quantitative estimate of drug-likeness (QED) is 0.443. The van der Waals surface area contributed by atoms with Crippen LogP contribution in [-0.2, 0) is 0 Å². The summed E-state index contributed by atoms with van der Waals surface area (Å²) >= 11 is 0. The van der Waals surface area contributed by atoms with Crippen molar-refractivity contribution < 1.29 is 9.53 Å². The van der Waals surface area contributed by atoms with Crippen LogP contribution in [0.3, 0.4) is 0 Å². The van der Waals surface area contributed by atoms with Gasteiger partial charge in [-0.1, -0.05) is 0 Å². The number of aromatic nitrogens is 2. The van der Waals surface area contributed by atoms with E-state index in [1.165, 1.54) is 0 Å². The summed E-state index contributed by atoms with van der Waals surface area (Å²) in [6.45, 7) is 9.83. The van der Waals surface area contributed by atoms with Gasteiger partial charge < -0.3 is 25.6 Å². The van der Waals surface area contributed by atoms with E-state index in [0.29, 0.717) is 11.6 Å². The second-order valence-corrected chi connectivity index (χ2v) is 7.33. The number of urea groups is 1. The Morgan fingerprint density at radius 2 is 1.62 bits per heavy atom. The lowest BCUT2D eigenvalue weighted by atomic mass is 10.2. The summed E-state index contributed by atoms with van der Waals surface area (Å²) in [6.07, 6.45) is 0. The standard InChI is InChI=1S/C24H30N6O2/c1-6-30(7-2)22-15-17(4)25-23(29-22)26-18-8-10-19(11-9-18)27-24(31)28-21-13-12-20(32-5)14-16(21)3/h8-15H,6-7H2,1-5H3,(H,25,26,29)(H2,27,28,31). The molecule has 2 amide bonds. The third-order valence-corrected chi connectivity index (χ3v) is 5.01. The van der Waals surface area contributed by atoms with Crippen LogP contribution in [0, 0.1) is 13.8 Å². The number of ether oxygens (including phenoxy) is 1. The molecule has 32 heavy (non-hydrogen) atoms. The summed E-state index contributed by atoms with van der Waals surface area (Å²) in [7, 11) is 1.61. The average Bonchev–Trinajstić information content (AvgIpc) is 2.77. The normalized spacial score (nSPS) is 10.4. The van der Waals surface area contributed by atoms with E-state index in [0.717, 1.165) is 47.3 Å². The average molecular weight is 435 g/mol. The van der Waals surface area contributed by atoms with Crippen LogP contribution in [0.2, 0.25) is 0 Å². The molecule has 3 aromatic rings. The molecule has 0 radical (unpaired) electrons. The number of methoxy groups -OCH3 is 1. The molecule has 8 nitrogen and oxygen atoms in total. The molecule has 1 heterocycles. The molecule has 168 valence electrons. The van der Waals surface area contributed by atoms with E-state index in [1.807, 2.05) is 62.4 Å². The van der Waals surface area contributed by atoms with Gasteiger partial charge in [0.1, 0.15) is 11.6 Å². The summed E-state index contributed by atoms with van der Waals surface area (Å²) < 4.78 is 5.19. The first-order valence-corrected chi connectivity index (χ1v) is 10.6. The Morgan fingerprint density at radius 1 is 0.938 bits per heavy atom. The molecule has 2 aromatic carbocycles. The molecule has 8 heteroatoms. The third kappa shape index (κ3) is 5.87. The number of hydrogen-bond acceptors (Lipinski definition) is 6. The zero-order chi connectivity index (χ0) is 23.1. The van der Waals surface area contributed by atoms with Crippen molar-refractivity contribution >= 4 is 34.9 Å². The third-order valence-electron chi connectivity index (χ3n) is 5.01. The van der Waals surface area contributed by atoms with Crippen molar-refractivity contribution in [3.05, 3.63) is 59.8 Å². The number of aryl methyl sites for hydroxylation is 2. The fourth-order valence-corrected chi connectivity index (χ4v) is 3.27. The highest BCUT2D eigenvalue weighted by molar-refractivity contribution is 6.00. The first-order chi connectivity index (χ1) is 15.4. The fraction of sp³-hybridized carbons (Fsp3) is 0.292. The minimum Gasteiger partial charge on any atom is -0.497 e. The van der Waals surface area contributed by atoms with Crippen molar-refractivity contribution in [3.63, 3.8) is 0 Å². The molecule has 0 saturated heterocycles. The predicted octanol–water partition coefficient (Wildman–Crippen LogP) is 5.34. The molecular weight excluding hydrogens is 404 g/mol. The molecular formula is C24H30N6O2. The zero-order valence-electron chi connectivity index (χ0n) is 19.2. The van der Waals surface area contributed by atoms with Gasteiger partial charge >= 0.3 is 6.03 Å². The van der Waals surface area contributed by atoms with E-state index in [-0.39, 0.29) is 6.03 Å². The Hall–Kier alpha value is -3.81. The van der Waals surface area contributed by atoms with Crippen LogP contribution in [0.25, 0.3) is 0 Å². The lowest BCUT2D eigenvalue weighted by Gasteiger charge is -2.20. The smallest absolute Gasteiger partial charge is 0.323 e. The first kappa shape index (κ1) is 22.9. The monoisotopic (exact) mass is 434 g/mol. The van der Waals surface area contributed by atoms with Gasteiger partial charge in [0.05, 0.1) is 7.11 Å². The van der Waals surface area contributed by atoms with Crippen LogP contribution in [-0.4, -0.2) is 36.2 Å². The van der Waals surface area contributed by atoms with E-state index in [4.69, 9.17) is 4.74 Å². The summed E-state index contributed by atoms with van der Waals surface area (Å²) in [5.41, 5.74) is 4.04. The van der Waals surface area contributed by atoms with Gasteiger partial charge in [-0.2, -0.15) is 4.98 Å². The topological polar surface area (TPSA) is 91.4 Å². The highest BCUT2D eigenvalue weighted by Crippen LogP contribution is 2.22. The Balaban J connectivity index is 1.63. The minimum atomic E-state index is -0.315. The maximum atomic E-state index is 12.4. The van der Waals surface area contributed by atoms with Gasteiger partial charge in [0.25, 0.3) is 0 Å². The Morgan fingerprint density at radius 3 is 2.25 bits per heavy atom. The van der Waals surface area contributed by atoms with Gasteiger partial charge in [0, 0.05) is 41.9 Å². The van der Waals surface area contributed by atoms with Crippen LogP contribution in [0.4, 0.5) is 33.6 Å². The predicted molar refractivity (Wildman–Crippen MR) is 130 cm³/mol. The molecule has 0 spiro atoms. The molecule has 1 aromatic heterocycles. The van der Waals surface area contributed by atoms with Crippen molar-refractivity contribution in [3.8, 4) is 5.75 Å². The van der Waals surface area contributed by atoms with E-state index in [9.17, 15) is 4.79 Å². The number of benzene rings is 2. The summed E-state index contributed by atoms with van der Waals surface area (Å²) in [5.74, 6) is 2.19. The number of rotatable bonds is 8. The van der Waals surface area contributed by atoms with Crippen molar-refractivity contribution in [1.82, 2.24) is 9.97 Å². The number of nitrogens with one attached hydrogen (secondary N) is 3. The molecule has 0 fully saturated rings. The molecule has 0 aliphatic carbocycles. The first-order valence-electron chi connectivity index (χ1n) is 10.6. The second-order valence-electron chi connectivity index (χ2n) is 7.33. The Bertz CT molecular complexity index is 1060. The highest BCUT2D eigenvalue weighted by Gasteiger charge is 2.09. The van der Waals surface area contributed by atoms with Crippen molar-refractivity contribution in [2.75, 3.05) is 41.0 Å². The van der Waals surface area contributed by atoms with Crippen LogP contribution >= 0.6 is 0 Å². The highest BCUT2D eigenvalue weighted by atomic mass is 16.5. The van der Waals surface area contributed by atoms with Crippen molar-refractivity contribution in [2.45, 2.75) is 27.7 Å². The van der Waals surface area contributed by atoms with Gasteiger partial charge in [-0.15, -0.1) is 0 Å². The Labute approximate surface area is 189 Å². The minimum absolute atomic E-state index is 0.315. The number of carbonyl (C=O) groups excluding carboxylic acids is 1. The summed E-state index contributed by atoms with van der Waals surface area (Å²) in [5, 5.41) is 8.93. The molecule has 0 saturated carbocycles. The summed E-state index contributed by atoms with van der Waals surface area (Å²) in [4.78, 5) is 23.6. The van der Waals surface area contributed by atoms with Gasteiger partial charge in [-0.3, -0.25) is 0 Å². The van der Waals surface area contributed by atoms with Gasteiger partial charge in [0.15, 0.2) is 0 Å². The number of anilines is 5. The largest absolute Gasteiger partial charge is 0.497 e. The maximum Gasteiger partial charge on any atom is 0.323 e. The molecule has 0 bridgehead atoms.